The van der Waals surface area contributed by atoms with Crippen LogP contribution in [-0.4, -0.2) is 5.84 Å². The van der Waals surface area contributed by atoms with Gasteiger partial charge in [-0.2, -0.15) is 5.10 Å². The zero-order valence-corrected chi connectivity index (χ0v) is 7.25. The maximum atomic E-state index is 5.76. The Balaban J connectivity index is 2.76. The van der Waals surface area contributed by atoms with E-state index in [-0.39, 0.29) is 0 Å². The summed E-state index contributed by atoms with van der Waals surface area (Å²) >= 11 is 5.76. The Morgan fingerprint density at radius 1 is 1.50 bits per heavy atom. The summed E-state index contributed by atoms with van der Waals surface area (Å²) in [4.78, 5) is 0. The van der Waals surface area contributed by atoms with E-state index in [0.717, 1.165) is 5.56 Å². The van der Waals surface area contributed by atoms with E-state index < -0.39 is 0 Å². The fourth-order valence-electron chi connectivity index (χ4n) is 0.902. The van der Waals surface area contributed by atoms with E-state index >= 15 is 0 Å². The second kappa shape index (κ2) is 3.97. The van der Waals surface area contributed by atoms with Crippen molar-refractivity contribution in [2.45, 2.75) is 6.42 Å². The number of nitrogens with zero attached hydrogens (tertiary/aromatic N) is 1. The fraction of sp³-hybridized carbons (Fsp3) is 0.125. The number of halogens is 1. The summed E-state index contributed by atoms with van der Waals surface area (Å²) in [5, 5.41) is 4.06. The van der Waals surface area contributed by atoms with Crippen LogP contribution < -0.4 is 11.6 Å². The maximum absolute atomic E-state index is 5.76. The lowest BCUT2D eigenvalue weighted by molar-refractivity contribution is 1.17. The number of rotatable bonds is 2. The van der Waals surface area contributed by atoms with Gasteiger partial charge in [-0.3, -0.25) is 0 Å². The van der Waals surface area contributed by atoms with Crippen molar-refractivity contribution < 1.29 is 0 Å². The second-order valence-electron chi connectivity index (χ2n) is 2.43. The maximum Gasteiger partial charge on any atom is 0.123 e. The zero-order chi connectivity index (χ0) is 8.97. The molecule has 0 saturated carbocycles. The fourth-order valence-corrected chi connectivity index (χ4v) is 1.11. The van der Waals surface area contributed by atoms with Crippen LogP contribution in [0.2, 0.25) is 5.02 Å². The molecule has 0 unspecified atom stereocenters. The number of benzene rings is 1. The molecule has 1 aromatic rings. The number of hydrazone groups is 1. The smallest absolute Gasteiger partial charge is 0.123 e. The van der Waals surface area contributed by atoms with Crippen LogP contribution in [0.5, 0.6) is 0 Å². The molecule has 0 spiro atoms. The number of hydrogen-bond acceptors (Lipinski definition) is 2. The molecule has 0 bridgehead atoms. The van der Waals surface area contributed by atoms with Gasteiger partial charge in [0.25, 0.3) is 0 Å². The van der Waals surface area contributed by atoms with Gasteiger partial charge in [0.15, 0.2) is 0 Å². The molecule has 0 aliphatic heterocycles. The van der Waals surface area contributed by atoms with Gasteiger partial charge in [0.2, 0.25) is 0 Å². The lowest BCUT2D eigenvalue weighted by Gasteiger charge is -1.99. The average Bonchev–Trinajstić information content (AvgIpc) is 2.04. The topological polar surface area (TPSA) is 64.4 Å². The van der Waals surface area contributed by atoms with E-state index in [0.29, 0.717) is 17.3 Å². The Hall–Kier alpha value is -1.22. The molecule has 1 aromatic carbocycles. The quantitative estimate of drug-likeness (QED) is 0.312. The highest BCUT2D eigenvalue weighted by molar-refractivity contribution is 6.30. The molecule has 0 radical (unpaired) electrons. The Morgan fingerprint density at radius 2 is 2.25 bits per heavy atom. The van der Waals surface area contributed by atoms with Gasteiger partial charge in [0, 0.05) is 11.4 Å². The van der Waals surface area contributed by atoms with E-state index in [2.05, 4.69) is 5.10 Å². The van der Waals surface area contributed by atoms with Crippen molar-refractivity contribution >= 4 is 17.4 Å². The molecular weight excluding hydrogens is 174 g/mol. The van der Waals surface area contributed by atoms with Crippen LogP contribution in [0.25, 0.3) is 0 Å². The van der Waals surface area contributed by atoms with Crippen LogP contribution in [-0.2, 0) is 6.42 Å². The van der Waals surface area contributed by atoms with Crippen molar-refractivity contribution in [2.24, 2.45) is 16.7 Å². The third-order valence-corrected chi connectivity index (χ3v) is 1.68. The molecule has 0 saturated heterocycles. The molecular formula is C8H10ClN3. The van der Waals surface area contributed by atoms with Crippen LogP contribution in [0, 0.1) is 0 Å². The van der Waals surface area contributed by atoms with Crippen LogP contribution in [0.1, 0.15) is 5.56 Å². The first-order chi connectivity index (χ1) is 5.72. The van der Waals surface area contributed by atoms with E-state index in [9.17, 15) is 0 Å². The molecule has 3 nitrogen and oxygen atoms in total. The SMILES string of the molecule is N/N=C(/N)Cc1cccc(Cl)c1. The largest absolute Gasteiger partial charge is 0.385 e. The van der Waals surface area contributed by atoms with Crippen molar-refractivity contribution in [1.29, 1.82) is 0 Å². The van der Waals surface area contributed by atoms with Gasteiger partial charge in [0.1, 0.15) is 5.84 Å². The van der Waals surface area contributed by atoms with Crippen LogP contribution in [0.15, 0.2) is 29.4 Å². The highest BCUT2D eigenvalue weighted by Gasteiger charge is 1.96. The van der Waals surface area contributed by atoms with Gasteiger partial charge in [-0.25, -0.2) is 0 Å². The first kappa shape index (κ1) is 8.87. The number of amidine groups is 1. The standard InChI is InChI=1S/C8H10ClN3/c9-7-3-1-2-6(4-7)5-8(10)12-11/h1-4H,5,11H2,(H2,10,12). The Kier molecular flexibility index (Phi) is 2.94. The third kappa shape index (κ3) is 2.43. The Bertz CT molecular complexity index is 296. The summed E-state index contributed by atoms with van der Waals surface area (Å²) in [5.41, 5.74) is 6.45. The molecule has 0 atom stereocenters. The van der Waals surface area contributed by atoms with Crippen LogP contribution in [0.3, 0.4) is 0 Å². The van der Waals surface area contributed by atoms with Gasteiger partial charge >= 0.3 is 0 Å². The van der Waals surface area contributed by atoms with E-state index in [1.807, 2.05) is 18.2 Å². The normalized spacial score (nSPS) is 11.6. The first-order valence-electron chi connectivity index (χ1n) is 3.49. The summed E-state index contributed by atoms with van der Waals surface area (Å²) in [5.74, 6) is 5.39. The third-order valence-electron chi connectivity index (χ3n) is 1.44. The minimum Gasteiger partial charge on any atom is -0.385 e. The molecule has 0 aromatic heterocycles. The molecule has 0 aliphatic rings. The van der Waals surface area contributed by atoms with Crippen LogP contribution in [0.4, 0.5) is 0 Å². The molecule has 0 aliphatic carbocycles. The monoisotopic (exact) mass is 183 g/mol. The van der Waals surface area contributed by atoms with Crippen molar-refractivity contribution in [3.63, 3.8) is 0 Å². The van der Waals surface area contributed by atoms with Crippen molar-refractivity contribution in [2.75, 3.05) is 0 Å². The van der Waals surface area contributed by atoms with Crippen molar-refractivity contribution in [3.05, 3.63) is 34.9 Å². The summed E-state index contributed by atoms with van der Waals surface area (Å²) in [7, 11) is 0. The van der Waals surface area contributed by atoms with E-state index in [4.69, 9.17) is 23.2 Å². The van der Waals surface area contributed by atoms with Gasteiger partial charge in [-0.15, -0.1) is 0 Å². The molecule has 0 heterocycles. The van der Waals surface area contributed by atoms with Gasteiger partial charge in [-0.1, -0.05) is 23.7 Å². The predicted octanol–water partition coefficient (Wildman–Crippen LogP) is 1.11. The average molecular weight is 184 g/mol. The molecule has 1 rings (SSSR count). The molecule has 64 valence electrons. The lowest BCUT2D eigenvalue weighted by Crippen LogP contribution is -2.16. The summed E-state index contributed by atoms with van der Waals surface area (Å²) in [6.07, 6.45) is 0.539. The van der Waals surface area contributed by atoms with E-state index in [1.165, 1.54) is 0 Å². The highest BCUT2D eigenvalue weighted by atomic mass is 35.5. The van der Waals surface area contributed by atoms with Gasteiger partial charge in [0.05, 0.1) is 0 Å². The summed E-state index contributed by atoms with van der Waals surface area (Å²) < 4.78 is 0. The van der Waals surface area contributed by atoms with Crippen molar-refractivity contribution in [3.8, 4) is 0 Å². The van der Waals surface area contributed by atoms with Gasteiger partial charge < -0.3 is 11.6 Å². The number of nitrogens with two attached hydrogens (primary N) is 2. The van der Waals surface area contributed by atoms with E-state index in [1.54, 1.807) is 6.07 Å². The minimum atomic E-state index is 0.400. The predicted molar refractivity (Wildman–Crippen MR) is 51.0 cm³/mol. The highest BCUT2D eigenvalue weighted by Crippen LogP contribution is 2.10. The Morgan fingerprint density at radius 3 is 2.83 bits per heavy atom. The Labute approximate surface area is 76.0 Å². The van der Waals surface area contributed by atoms with Crippen molar-refractivity contribution in [1.82, 2.24) is 0 Å². The van der Waals surface area contributed by atoms with Crippen LogP contribution >= 0.6 is 11.6 Å². The molecule has 4 heteroatoms. The molecule has 12 heavy (non-hydrogen) atoms. The second-order valence-corrected chi connectivity index (χ2v) is 2.86. The minimum absolute atomic E-state index is 0.400. The van der Waals surface area contributed by atoms with Gasteiger partial charge in [-0.05, 0) is 17.7 Å². The summed E-state index contributed by atoms with van der Waals surface area (Å²) in [6, 6.07) is 7.42. The summed E-state index contributed by atoms with van der Waals surface area (Å²) in [6.45, 7) is 0. The first-order valence-corrected chi connectivity index (χ1v) is 3.87. The number of hydrogen-bond donors (Lipinski definition) is 2. The zero-order valence-electron chi connectivity index (χ0n) is 6.50. The molecule has 4 N–H and O–H groups in total. The molecule has 0 fully saturated rings. The molecule has 0 amide bonds. The lowest BCUT2D eigenvalue weighted by atomic mass is 10.1.